The topological polar surface area (TPSA) is 125 Å². The fraction of sp³-hybridized carbons (Fsp3) is 0.231. The number of esters is 1. The lowest BCUT2D eigenvalue weighted by atomic mass is 10.0. The molecule has 0 aliphatic heterocycles. The molecule has 0 aromatic heterocycles. The van der Waals surface area contributed by atoms with Crippen molar-refractivity contribution in [1.29, 1.82) is 0 Å². The molecule has 36 heavy (non-hydrogen) atoms. The highest BCUT2D eigenvalue weighted by Crippen LogP contribution is 2.37. The Morgan fingerprint density at radius 3 is 1.53 bits per heavy atom. The minimum atomic E-state index is -1.27. The highest BCUT2D eigenvalue weighted by Gasteiger charge is 2.22. The summed E-state index contributed by atoms with van der Waals surface area (Å²) in [5.74, 6) is 0.0351. The van der Waals surface area contributed by atoms with E-state index in [-0.39, 0.29) is 17.7 Å². The van der Waals surface area contributed by atoms with Gasteiger partial charge in [0, 0.05) is 23.5 Å². The zero-order valence-electron chi connectivity index (χ0n) is 20.6. The highest BCUT2D eigenvalue weighted by molar-refractivity contribution is 6.05. The average molecular weight is 497 g/mol. The molecule has 190 valence electrons. The van der Waals surface area contributed by atoms with Gasteiger partial charge in [-0.15, -0.1) is 0 Å². The largest absolute Gasteiger partial charge is 0.493 e. The Morgan fingerprint density at radius 2 is 1.14 bits per heavy atom. The molecule has 0 unspecified atom stereocenters. The van der Waals surface area contributed by atoms with Crippen molar-refractivity contribution in [2.45, 2.75) is 6.92 Å². The number of aromatic carboxylic acids is 1. The summed E-state index contributed by atoms with van der Waals surface area (Å²) in [7, 11) is 6.10. The summed E-state index contributed by atoms with van der Waals surface area (Å²) in [6.45, 7) is 1.75. The third-order valence-electron chi connectivity index (χ3n) is 5.21. The van der Waals surface area contributed by atoms with Crippen LogP contribution in [0.2, 0.25) is 0 Å². The van der Waals surface area contributed by atoms with E-state index in [0.717, 1.165) is 0 Å². The Morgan fingerprint density at radius 1 is 0.694 bits per heavy atom. The van der Waals surface area contributed by atoms with Crippen LogP contribution in [0.3, 0.4) is 0 Å². The molecule has 0 heterocycles. The van der Waals surface area contributed by atoms with Gasteiger partial charge in [-0.05, 0) is 43.3 Å². The number of hydrogen-bond acceptors (Lipinski definition) is 9. The van der Waals surface area contributed by atoms with Crippen molar-refractivity contribution < 1.29 is 38.4 Å². The van der Waals surface area contributed by atoms with Crippen LogP contribution >= 0.6 is 0 Å². The first-order valence-electron chi connectivity index (χ1n) is 10.9. The normalized spacial score (nSPS) is 10.2. The van der Waals surface area contributed by atoms with Crippen LogP contribution in [-0.2, 0) is 4.74 Å². The molecule has 0 radical (unpaired) electrons. The van der Waals surface area contributed by atoms with E-state index in [1.54, 1.807) is 43.3 Å². The lowest BCUT2D eigenvalue weighted by molar-refractivity contribution is 0.0514. The van der Waals surface area contributed by atoms with E-state index in [1.807, 2.05) is 0 Å². The van der Waals surface area contributed by atoms with Crippen LogP contribution < -0.4 is 29.6 Å². The lowest BCUT2D eigenvalue weighted by Gasteiger charge is -2.19. The predicted molar refractivity (Wildman–Crippen MR) is 135 cm³/mol. The molecule has 3 rings (SSSR count). The van der Waals surface area contributed by atoms with Crippen LogP contribution in [-0.4, -0.2) is 52.1 Å². The second-order valence-electron chi connectivity index (χ2n) is 7.36. The molecule has 3 N–H and O–H groups in total. The van der Waals surface area contributed by atoms with Crippen molar-refractivity contribution in [1.82, 2.24) is 0 Å². The molecular weight excluding hydrogens is 468 g/mol. The zero-order valence-corrected chi connectivity index (χ0v) is 20.6. The Labute approximate surface area is 208 Å². The molecule has 10 heteroatoms. The molecule has 0 amide bonds. The molecule has 3 aromatic carbocycles. The van der Waals surface area contributed by atoms with E-state index in [2.05, 4.69) is 10.6 Å². The third-order valence-corrected chi connectivity index (χ3v) is 5.21. The molecule has 0 spiro atoms. The number of rotatable bonds is 11. The molecule has 3 aromatic rings. The van der Waals surface area contributed by atoms with Crippen LogP contribution in [0, 0.1) is 0 Å². The molecule has 10 nitrogen and oxygen atoms in total. The first-order chi connectivity index (χ1) is 17.3. The number of carboxylic acids is 1. The maximum Gasteiger partial charge on any atom is 0.339 e. The van der Waals surface area contributed by atoms with E-state index in [4.69, 9.17) is 23.7 Å². The predicted octanol–water partition coefficient (Wildman–Crippen LogP) is 5.08. The Hall–Kier alpha value is -4.60. The zero-order chi connectivity index (χ0) is 26.2. The first-order valence-corrected chi connectivity index (χ1v) is 10.9. The second-order valence-corrected chi connectivity index (χ2v) is 7.36. The standard InChI is InChI=1S/C26H28N2O8/c1-6-36-26(31)18-14-20(28-16-8-10-22(33-3)24(12-16)35-5)19(13-17(18)25(29)30)27-15-7-9-21(32-2)23(11-15)34-4/h7-14,27-28H,6H2,1-5H3,(H,29,30). The summed E-state index contributed by atoms with van der Waals surface area (Å²) in [6.07, 6.45) is 0. The smallest absolute Gasteiger partial charge is 0.339 e. The van der Waals surface area contributed by atoms with E-state index in [1.165, 1.54) is 40.6 Å². The van der Waals surface area contributed by atoms with Gasteiger partial charge in [-0.1, -0.05) is 0 Å². The molecule has 0 aliphatic rings. The fourth-order valence-corrected chi connectivity index (χ4v) is 3.50. The van der Waals surface area contributed by atoms with Gasteiger partial charge in [-0.3, -0.25) is 0 Å². The van der Waals surface area contributed by atoms with Gasteiger partial charge in [0.2, 0.25) is 0 Å². The minimum absolute atomic E-state index is 0.0924. The van der Waals surface area contributed by atoms with Crippen molar-refractivity contribution in [3.8, 4) is 23.0 Å². The van der Waals surface area contributed by atoms with E-state index < -0.39 is 11.9 Å². The Kier molecular flexibility index (Phi) is 8.45. The van der Waals surface area contributed by atoms with Crippen LogP contribution in [0.1, 0.15) is 27.6 Å². The molecular formula is C26H28N2O8. The van der Waals surface area contributed by atoms with Gasteiger partial charge in [-0.25, -0.2) is 9.59 Å². The number of hydrogen-bond donors (Lipinski definition) is 3. The average Bonchev–Trinajstić information content (AvgIpc) is 2.89. The van der Waals surface area contributed by atoms with E-state index in [9.17, 15) is 14.7 Å². The van der Waals surface area contributed by atoms with Crippen molar-refractivity contribution in [3.63, 3.8) is 0 Å². The minimum Gasteiger partial charge on any atom is -0.493 e. The number of methoxy groups -OCH3 is 4. The van der Waals surface area contributed by atoms with Crippen molar-refractivity contribution in [2.24, 2.45) is 0 Å². The maximum absolute atomic E-state index is 12.6. The second kappa shape index (κ2) is 11.7. The quantitative estimate of drug-likeness (QED) is 0.309. The summed E-state index contributed by atoms with van der Waals surface area (Å²) >= 11 is 0. The number of ether oxygens (including phenoxy) is 5. The van der Waals surface area contributed by atoms with Crippen molar-refractivity contribution >= 4 is 34.7 Å². The number of carbonyl (C=O) groups is 2. The highest BCUT2D eigenvalue weighted by atomic mass is 16.5. The lowest BCUT2D eigenvalue weighted by Crippen LogP contribution is -2.13. The Balaban J connectivity index is 2.13. The van der Waals surface area contributed by atoms with Crippen LogP contribution in [0.25, 0.3) is 0 Å². The summed E-state index contributed by atoms with van der Waals surface area (Å²) < 4.78 is 26.4. The van der Waals surface area contributed by atoms with Crippen molar-refractivity contribution in [2.75, 3.05) is 45.7 Å². The Bertz CT molecular complexity index is 1260. The monoisotopic (exact) mass is 496 g/mol. The molecule has 0 saturated carbocycles. The first kappa shape index (κ1) is 26.0. The van der Waals surface area contributed by atoms with Crippen LogP contribution in [0.4, 0.5) is 22.7 Å². The van der Waals surface area contributed by atoms with Gasteiger partial charge in [-0.2, -0.15) is 0 Å². The fourth-order valence-electron chi connectivity index (χ4n) is 3.50. The molecule has 0 atom stereocenters. The number of nitrogens with one attached hydrogen (secondary N) is 2. The van der Waals surface area contributed by atoms with Gasteiger partial charge in [0.25, 0.3) is 0 Å². The molecule has 0 fully saturated rings. The number of carbonyl (C=O) groups excluding carboxylic acids is 1. The number of benzene rings is 3. The van der Waals surface area contributed by atoms with Gasteiger partial charge in [0.1, 0.15) is 0 Å². The van der Waals surface area contributed by atoms with Gasteiger partial charge >= 0.3 is 11.9 Å². The van der Waals surface area contributed by atoms with Gasteiger partial charge in [0.15, 0.2) is 23.0 Å². The van der Waals surface area contributed by atoms with Gasteiger partial charge < -0.3 is 39.4 Å². The number of carboxylic acid groups (broad SMARTS) is 1. The van der Waals surface area contributed by atoms with Crippen LogP contribution in [0.15, 0.2) is 48.5 Å². The summed E-state index contributed by atoms with van der Waals surface area (Å²) in [5.41, 5.74) is 1.72. The SMILES string of the molecule is CCOC(=O)c1cc(Nc2ccc(OC)c(OC)c2)c(Nc2ccc(OC)c(OC)c2)cc1C(=O)O. The van der Waals surface area contributed by atoms with Gasteiger partial charge in [0.05, 0.1) is 57.5 Å². The van der Waals surface area contributed by atoms with E-state index >= 15 is 0 Å². The maximum atomic E-state index is 12.6. The molecule has 0 bridgehead atoms. The van der Waals surface area contributed by atoms with Crippen LogP contribution in [0.5, 0.6) is 23.0 Å². The molecule has 0 saturated heterocycles. The summed E-state index contributed by atoms with van der Waals surface area (Å²) in [5, 5.41) is 16.2. The summed E-state index contributed by atoms with van der Waals surface area (Å²) in [4.78, 5) is 24.6. The van der Waals surface area contributed by atoms with Crippen molar-refractivity contribution in [3.05, 3.63) is 59.7 Å². The molecule has 0 aliphatic carbocycles. The summed E-state index contributed by atoms with van der Waals surface area (Å²) in [6, 6.07) is 13.2. The van der Waals surface area contributed by atoms with E-state index in [0.29, 0.717) is 45.7 Å². The third kappa shape index (κ3) is 5.72. The number of anilines is 4.